The predicted molar refractivity (Wildman–Crippen MR) is 75.1 cm³/mol. The maximum atomic E-state index is 13.8. The van der Waals surface area contributed by atoms with Crippen LogP contribution in [0.15, 0.2) is 23.1 Å². The Morgan fingerprint density at radius 3 is 2.57 bits per heavy atom. The highest BCUT2D eigenvalue weighted by Crippen LogP contribution is 2.27. The quantitative estimate of drug-likeness (QED) is 0.844. The van der Waals surface area contributed by atoms with Crippen LogP contribution in [0, 0.1) is 11.7 Å². The highest BCUT2D eigenvalue weighted by Gasteiger charge is 2.21. The van der Waals surface area contributed by atoms with E-state index in [-0.39, 0.29) is 12.1 Å². The monoisotopic (exact) mass is 315 g/mol. The molecule has 7 heteroatoms. The molecule has 5 nitrogen and oxygen atoms in total. The Morgan fingerprint density at radius 2 is 2.00 bits per heavy atom. The zero-order valence-electron chi connectivity index (χ0n) is 11.5. The molecular weight excluding hydrogens is 297 g/mol. The molecule has 2 rings (SSSR count). The summed E-state index contributed by atoms with van der Waals surface area (Å²) >= 11 is 0. The molecule has 0 spiro atoms. The molecule has 21 heavy (non-hydrogen) atoms. The van der Waals surface area contributed by atoms with E-state index in [4.69, 9.17) is 5.11 Å². The van der Waals surface area contributed by atoms with Crippen LogP contribution in [0.25, 0.3) is 0 Å². The molecule has 1 aromatic carbocycles. The molecule has 1 aromatic rings. The van der Waals surface area contributed by atoms with Crippen molar-refractivity contribution in [2.45, 2.75) is 37.0 Å². The molecule has 0 bridgehead atoms. The fourth-order valence-corrected chi connectivity index (χ4v) is 3.73. The first-order chi connectivity index (χ1) is 9.90. The van der Waals surface area contributed by atoms with Crippen LogP contribution in [-0.2, 0) is 10.0 Å². The number of carbonyl (C=O) groups is 1. The van der Waals surface area contributed by atoms with Crippen LogP contribution in [0.5, 0.6) is 0 Å². The minimum absolute atomic E-state index is 0.271. The lowest BCUT2D eigenvalue weighted by Crippen LogP contribution is -2.26. The van der Waals surface area contributed by atoms with Crippen molar-refractivity contribution in [1.82, 2.24) is 4.72 Å². The van der Waals surface area contributed by atoms with Gasteiger partial charge in [-0.15, -0.1) is 0 Å². The van der Waals surface area contributed by atoms with Crippen molar-refractivity contribution in [1.29, 1.82) is 0 Å². The zero-order chi connectivity index (χ0) is 15.5. The third-order valence-corrected chi connectivity index (χ3v) is 5.28. The first-order valence-corrected chi connectivity index (χ1v) is 8.41. The van der Waals surface area contributed by atoms with E-state index in [2.05, 4.69) is 4.72 Å². The van der Waals surface area contributed by atoms with Gasteiger partial charge in [-0.1, -0.05) is 25.7 Å². The number of halogens is 1. The molecule has 0 amide bonds. The molecular formula is C14H18FNO4S. The van der Waals surface area contributed by atoms with Crippen molar-refractivity contribution >= 4 is 16.0 Å². The van der Waals surface area contributed by atoms with Gasteiger partial charge in [0.25, 0.3) is 0 Å². The largest absolute Gasteiger partial charge is 0.478 e. The summed E-state index contributed by atoms with van der Waals surface area (Å²) in [5.74, 6) is -1.82. The number of hydrogen-bond donors (Lipinski definition) is 2. The highest BCUT2D eigenvalue weighted by molar-refractivity contribution is 7.89. The van der Waals surface area contributed by atoms with E-state index >= 15 is 0 Å². The van der Waals surface area contributed by atoms with E-state index in [1.807, 2.05) is 0 Å². The lowest BCUT2D eigenvalue weighted by Gasteiger charge is -2.11. The fourth-order valence-electron chi connectivity index (χ4n) is 2.63. The second-order valence-corrected chi connectivity index (χ2v) is 7.02. The number of rotatable bonds is 6. The van der Waals surface area contributed by atoms with E-state index in [1.54, 1.807) is 0 Å². The number of nitrogens with one attached hydrogen (secondary N) is 1. The molecule has 2 N–H and O–H groups in total. The van der Waals surface area contributed by atoms with Crippen LogP contribution in [0.2, 0.25) is 0 Å². The summed E-state index contributed by atoms with van der Waals surface area (Å²) in [4.78, 5) is 10.2. The third kappa shape index (κ3) is 4.01. The summed E-state index contributed by atoms with van der Waals surface area (Å²) in [5, 5.41) is 8.73. The molecule has 1 saturated carbocycles. The molecule has 0 aromatic heterocycles. The normalized spacial score (nSPS) is 16.2. The molecule has 1 aliphatic carbocycles. The first-order valence-electron chi connectivity index (χ1n) is 6.92. The molecule has 1 aliphatic rings. The molecule has 0 saturated heterocycles. The molecule has 0 radical (unpaired) electrons. The Bertz CT molecular complexity index is 624. The van der Waals surface area contributed by atoms with Crippen molar-refractivity contribution < 1.29 is 22.7 Å². The van der Waals surface area contributed by atoms with Gasteiger partial charge in [0.1, 0.15) is 10.7 Å². The van der Waals surface area contributed by atoms with Gasteiger partial charge in [-0.25, -0.2) is 22.3 Å². The van der Waals surface area contributed by atoms with Crippen LogP contribution < -0.4 is 4.72 Å². The Hall–Kier alpha value is -1.47. The van der Waals surface area contributed by atoms with Crippen molar-refractivity contribution in [3.8, 4) is 0 Å². The molecule has 0 unspecified atom stereocenters. The van der Waals surface area contributed by atoms with E-state index < -0.39 is 26.7 Å². The molecule has 0 atom stereocenters. The number of aromatic carboxylic acids is 1. The van der Waals surface area contributed by atoms with Crippen LogP contribution >= 0.6 is 0 Å². The summed E-state index contributed by atoms with van der Waals surface area (Å²) in [5.41, 5.74) is -0.280. The predicted octanol–water partition coefficient (Wildman–Crippen LogP) is 2.38. The van der Waals surface area contributed by atoms with E-state index in [9.17, 15) is 17.6 Å². The minimum Gasteiger partial charge on any atom is -0.478 e. The van der Waals surface area contributed by atoms with Gasteiger partial charge in [-0.3, -0.25) is 0 Å². The molecule has 0 heterocycles. The van der Waals surface area contributed by atoms with E-state index in [0.717, 1.165) is 31.4 Å². The van der Waals surface area contributed by atoms with Gasteiger partial charge in [-0.2, -0.15) is 0 Å². The highest BCUT2D eigenvalue weighted by atomic mass is 32.2. The van der Waals surface area contributed by atoms with Gasteiger partial charge in [-0.05, 0) is 30.5 Å². The Kier molecular flexibility index (Phi) is 4.95. The third-order valence-electron chi connectivity index (χ3n) is 3.79. The Balaban J connectivity index is 2.03. The van der Waals surface area contributed by atoms with Crippen molar-refractivity contribution in [3.63, 3.8) is 0 Å². The van der Waals surface area contributed by atoms with Crippen LogP contribution in [0.4, 0.5) is 4.39 Å². The standard InChI is InChI=1S/C14H18FNO4S/c15-12-9-11(14(17)18)5-6-13(12)21(19,20)16-8-7-10-3-1-2-4-10/h5-6,9-10,16H,1-4,7-8H2,(H,17,18). The van der Waals surface area contributed by atoms with Gasteiger partial charge in [0.2, 0.25) is 10.0 Å². The zero-order valence-corrected chi connectivity index (χ0v) is 12.3. The van der Waals surface area contributed by atoms with Gasteiger partial charge in [0.15, 0.2) is 0 Å². The SMILES string of the molecule is O=C(O)c1ccc(S(=O)(=O)NCCC2CCCC2)c(F)c1. The average molecular weight is 315 g/mol. The van der Waals surface area contributed by atoms with Gasteiger partial charge < -0.3 is 5.11 Å². The second-order valence-electron chi connectivity index (χ2n) is 5.29. The minimum atomic E-state index is -3.94. The lowest BCUT2D eigenvalue weighted by molar-refractivity contribution is 0.0696. The number of benzene rings is 1. The smallest absolute Gasteiger partial charge is 0.335 e. The van der Waals surface area contributed by atoms with Crippen molar-refractivity contribution in [2.24, 2.45) is 5.92 Å². The Morgan fingerprint density at radius 1 is 1.33 bits per heavy atom. The lowest BCUT2D eigenvalue weighted by atomic mass is 10.1. The average Bonchev–Trinajstić information content (AvgIpc) is 2.91. The van der Waals surface area contributed by atoms with Crippen molar-refractivity contribution in [3.05, 3.63) is 29.6 Å². The van der Waals surface area contributed by atoms with E-state index in [1.165, 1.54) is 12.8 Å². The van der Waals surface area contributed by atoms with E-state index in [0.29, 0.717) is 12.0 Å². The molecule has 1 fully saturated rings. The molecule has 0 aliphatic heterocycles. The molecule has 116 valence electrons. The van der Waals surface area contributed by atoms with Gasteiger partial charge in [0, 0.05) is 6.54 Å². The topological polar surface area (TPSA) is 83.5 Å². The fraction of sp³-hybridized carbons (Fsp3) is 0.500. The summed E-state index contributed by atoms with van der Waals surface area (Å²) < 4.78 is 40.1. The maximum absolute atomic E-state index is 13.8. The number of carboxylic acids is 1. The maximum Gasteiger partial charge on any atom is 0.335 e. The summed E-state index contributed by atoms with van der Waals surface area (Å²) in [7, 11) is -3.94. The van der Waals surface area contributed by atoms with Gasteiger partial charge >= 0.3 is 5.97 Å². The van der Waals surface area contributed by atoms with Crippen LogP contribution in [0.1, 0.15) is 42.5 Å². The van der Waals surface area contributed by atoms with Gasteiger partial charge in [0.05, 0.1) is 5.56 Å². The summed E-state index contributed by atoms with van der Waals surface area (Å²) in [6, 6.07) is 2.78. The summed E-state index contributed by atoms with van der Waals surface area (Å²) in [6.07, 6.45) is 5.34. The Labute approximate surface area is 123 Å². The number of sulfonamides is 1. The second kappa shape index (κ2) is 6.53. The first kappa shape index (κ1) is 15.9. The number of hydrogen-bond acceptors (Lipinski definition) is 3. The summed E-state index contributed by atoms with van der Waals surface area (Å²) in [6.45, 7) is 0.271. The number of carboxylic acid groups (broad SMARTS) is 1. The van der Waals surface area contributed by atoms with Crippen LogP contribution in [0.3, 0.4) is 0 Å². The van der Waals surface area contributed by atoms with Crippen LogP contribution in [-0.4, -0.2) is 26.0 Å². The van der Waals surface area contributed by atoms with Crippen molar-refractivity contribution in [2.75, 3.05) is 6.54 Å².